The molecule has 1 saturated carbocycles. The second kappa shape index (κ2) is 9.97. The number of thiocarbonyl (C=S) groups is 1. The molecule has 146 valence electrons. The lowest BCUT2D eigenvalue weighted by Crippen LogP contribution is -2.34. The van der Waals surface area contributed by atoms with Crippen LogP contribution in [0.5, 0.6) is 0 Å². The van der Waals surface area contributed by atoms with E-state index in [2.05, 4.69) is 38.5 Å². The summed E-state index contributed by atoms with van der Waals surface area (Å²) in [5.41, 5.74) is 1.96. The van der Waals surface area contributed by atoms with Gasteiger partial charge in [0.25, 0.3) is 5.91 Å². The van der Waals surface area contributed by atoms with Gasteiger partial charge in [0.05, 0.1) is 0 Å². The van der Waals surface area contributed by atoms with Crippen LogP contribution in [0.3, 0.4) is 0 Å². The molecule has 0 atom stereocenters. The monoisotopic (exact) mass is 507 g/mol. The summed E-state index contributed by atoms with van der Waals surface area (Å²) < 4.78 is 0.977. The number of nitrogens with one attached hydrogen (secondary N) is 3. The Morgan fingerprint density at radius 2 is 1.61 bits per heavy atom. The van der Waals surface area contributed by atoms with Gasteiger partial charge in [0.1, 0.15) is 0 Å². The van der Waals surface area contributed by atoms with Crippen molar-refractivity contribution in [2.75, 3.05) is 10.6 Å². The molecule has 2 amide bonds. The highest BCUT2D eigenvalue weighted by Gasteiger charge is 2.21. The molecule has 3 N–H and O–H groups in total. The summed E-state index contributed by atoms with van der Waals surface area (Å²) >= 11 is 7.40. The summed E-state index contributed by atoms with van der Waals surface area (Å²) in [4.78, 5) is 24.7. The van der Waals surface area contributed by atoms with Gasteiger partial charge in [0.2, 0.25) is 5.91 Å². The Hall–Kier alpha value is -2.00. The quantitative estimate of drug-likeness (QED) is 0.405. The Morgan fingerprint density at radius 1 is 0.929 bits per heavy atom. The van der Waals surface area contributed by atoms with E-state index in [1.807, 2.05) is 36.4 Å². The van der Waals surface area contributed by atoms with Crippen LogP contribution in [0.15, 0.2) is 48.5 Å². The zero-order valence-electron chi connectivity index (χ0n) is 15.3. The smallest absolute Gasteiger partial charge is 0.257 e. The number of carbonyl (C=O) groups excluding carboxylic acids is 2. The Labute approximate surface area is 183 Å². The van der Waals surface area contributed by atoms with Gasteiger partial charge in [-0.05, 0) is 84.0 Å². The minimum Gasteiger partial charge on any atom is -0.332 e. The van der Waals surface area contributed by atoms with Crippen LogP contribution in [0.4, 0.5) is 11.4 Å². The average Bonchev–Trinajstić information content (AvgIpc) is 2.69. The first-order valence-electron chi connectivity index (χ1n) is 9.30. The molecular formula is C21H22IN3O2S. The summed E-state index contributed by atoms with van der Waals surface area (Å²) in [5.74, 6) is -0.0939. The van der Waals surface area contributed by atoms with Crippen LogP contribution in [-0.4, -0.2) is 16.9 Å². The fourth-order valence-electron chi connectivity index (χ4n) is 3.25. The second-order valence-corrected chi connectivity index (χ2v) is 8.48. The van der Waals surface area contributed by atoms with Crippen LogP contribution < -0.4 is 16.0 Å². The van der Waals surface area contributed by atoms with E-state index in [1.165, 1.54) is 6.42 Å². The lowest BCUT2D eigenvalue weighted by molar-refractivity contribution is -0.120. The molecular weight excluding hydrogens is 485 g/mol. The van der Waals surface area contributed by atoms with E-state index in [4.69, 9.17) is 12.2 Å². The average molecular weight is 507 g/mol. The molecule has 0 aliphatic heterocycles. The maximum atomic E-state index is 12.4. The Kier molecular flexibility index (Phi) is 7.38. The second-order valence-electron chi connectivity index (χ2n) is 6.82. The summed E-state index contributed by atoms with van der Waals surface area (Å²) in [5, 5.41) is 8.87. The van der Waals surface area contributed by atoms with Gasteiger partial charge < -0.3 is 10.6 Å². The van der Waals surface area contributed by atoms with E-state index >= 15 is 0 Å². The first-order valence-corrected chi connectivity index (χ1v) is 10.8. The van der Waals surface area contributed by atoms with Crippen LogP contribution in [0, 0.1) is 9.49 Å². The van der Waals surface area contributed by atoms with Crippen molar-refractivity contribution < 1.29 is 9.59 Å². The molecule has 0 unspecified atom stereocenters. The molecule has 0 aromatic heterocycles. The molecule has 5 nitrogen and oxygen atoms in total. The Balaban J connectivity index is 1.56. The minimum absolute atomic E-state index is 0.0754. The van der Waals surface area contributed by atoms with E-state index < -0.39 is 0 Å². The number of halogens is 1. The minimum atomic E-state index is -0.266. The summed E-state index contributed by atoms with van der Waals surface area (Å²) in [6.45, 7) is 0. The molecule has 2 aromatic rings. The molecule has 0 heterocycles. The molecule has 0 bridgehead atoms. The number of amides is 2. The number of rotatable bonds is 4. The maximum Gasteiger partial charge on any atom is 0.257 e. The van der Waals surface area contributed by atoms with E-state index in [1.54, 1.807) is 12.1 Å². The normalized spacial score (nSPS) is 14.2. The number of anilines is 2. The van der Waals surface area contributed by atoms with Crippen LogP contribution in [0.25, 0.3) is 0 Å². The highest BCUT2D eigenvalue weighted by Crippen LogP contribution is 2.25. The van der Waals surface area contributed by atoms with Crippen molar-refractivity contribution in [2.45, 2.75) is 32.1 Å². The van der Waals surface area contributed by atoms with Gasteiger partial charge in [-0.2, -0.15) is 0 Å². The highest BCUT2D eigenvalue weighted by molar-refractivity contribution is 14.1. The topological polar surface area (TPSA) is 70.2 Å². The first-order chi connectivity index (χ1) is 13.5. The van der Waals surface area contributed by atoms with Crippen molar-refractivity contribution >= 4 is 63.1 Å². The molecule has 0 saturated heterocycles. The van der Waals surface area contributed by atoms with Crippen molar-refractivity contribution in [3.05, 3.63) is 57.7 Å². The van der Waals surface area contributed by atoms with Gasteiger partial charge >= 0.3 is 0 Å². The Bertz CT molecular complexity index is 881. The predicted octanol–water partition coefficient (Wildman–Crippen LogP) is 4.94. The van der Waals surface area contributed by atoms with E-state index in [0.717, 1.165) is 29.3 Å². The first kappa shape index (κ1) is 20.7. The molecule has 0 radical (unpaired) electrons. The molecule has 7 heteroatoms. The van der Waals surface area contributed by atoms with Gasteiger partial charge in [-0.25, -0.2) is 0 Å². The summed E-state index contributed by atoms with van der Waals surface area (Å²) in [6, 6.07) is 14.6. The molecule has 3 rings (SSSR count). The molecule has 1 aliphatic carbocycles. The fourth-order valence-corrected chi connectivity index (χ4v) is 4.00. The fraction of sp³-hybridized carbons (Fsp3) is 0.286. The summed E-state index contributed by atoms with van der Waals surface area (Å²) in [7, 11) is 0. The van der Waals surface area contributed by atoms with E-state index in [-0.39, 0.29) is 22.8 Å². The van der Waals surface area contributed by atoms with Crippen LogP contribution in [-0.2, 0) is 4.79 Å². The van der Waals surface area contributed by atoms with Gasteiger partial charge in [-0.1, -0.05) is 31.4 Å². The lowest BCUT2D eigenvalue weighted by Gasteiger charge is -2.21. The predicted molar refractivity (Wildman–Crippen MR) is 124 cm³/mol. The van der Waals surface area contributed by atoms with Gasteiger partial charge in [-0.3, -0.25) is 14.9 Å². The zero-order chi connectivity index (χ0) is 19.9. The lowest BCUT2D eigenvalue weighted by atomic mass is 9.88. The number of benzene rings is 2. The van der Waals surface area contributed by atoms with Crippen LogP contribution in [0.2, 0.25) is 0 Å². The van der Waals surface area contributed by atoms with E-state index in [9.17, 15) is 9.59 Å². The third-order valence-electron chi connectivity index (χ3n) is 4.68. The van der Waals surface area contributed by atoms with Crippen molar-refractivity contribution in [3.8, 4) is 0 Å². The van der Waals surface area contributed by atoms with Crippen molar-refractivity contribution in [1.82, 2.24) is 5.32 Å². The number of carbonyl (C=O) groups is 2. The molecule has 28 heavy (non-hydrogen) atoms. The van der Waals surface area contributed by atoms with Crippen molar-refractivity contribution in [2.24, 2.45) is 5.92 Å². The van der Waals surface area contributed by atoms with Crippen LogP contribution in [0.1, 0.15) is 42.5 Å². The third-order valence-corrected chi connectivity index (χ3v) is 5.55. The summed E-state index contributed by atoms with van der Waals surface area (Å²) in [6.07, 6.45) is 5.37. The zero-order valence-corrected chi connectivity index (χ0v) is 18.3. The maximum absolute atomic E-state index is 12.4. The van der Waals surface area contributed by atoms with Gasteiger partial charge in [-0.15, -0.1) is 0 Å². The van der Waals surface area contributed by atoms with Crippen molar-refractivity contribution in [3.63, 3.8) is 0 Å². The molecule has 1 aliphatic rings. The van der Waals surface area contributed by atoms with Crippen molar-refractivity contribution in [1.29, 1.82) is 0 Å². The Morgan fingerprint density at radius 3 is 2.32 bits per heavy atom. The third kappa shape index (κ3) is 6.00. The van der Waals surface area contributed by atoms with Gasteiger partial charge in [0.15, 0.2) is 5.11 Å². The SMILES string of the molecule is O=C(NC(=S)Nc1cccc(NC(=O)C2CCCCC2)c1)c1cccc(I)c1. The number of hydrogen-bond acceptors (Lipinski definition) is 3. The van der Waals surface area contributed by atoms with Crippen LogP contribution >= 0.6 is 34.8 Å². The largest absolute Gasteiger partial charge is 0.332 e. The standard InChI is InChI=1S/C21H22IN3O2S/c22-16-9-4-8-15(12-16)20(27)25-21(28)24-18-11-5-10-17(13-18)23-19(26)14-6-2-1-3-7-14/h4-5,8-14H,1-3,6-7H2,(H,23,26)(H2,24,25,27,28). The van der Waals surface area contributed by atoms with Gasteiger partial charge in [0, 0.05) is 26.4 Å². The van der Waals surface area contributed by atoms with E-state index in [0.29, 0.717) is 16.9 Å². The molecule has 2 aromatic carbocycles. The molecule has 0 spiro atoms. The number of hydrogen-bond donors (Lipinski definition) is 3. The molecule has 1 fully saturated rings. The highest BCUT2D eigenvalue weighted by atomic mass is 127.